The molecule has 0 saturated heterocycles. The van der Waals surface area contributed by atoms with Gasteiger partial charge in [-0.1, -0.05) is 95.4 Å². The molecule has 0 bridgehead atoms. The van der Waals surface area contributed by atoms with Crippen molar-refractivity contribution >= 4 is 0 Å². The zero-order valence-electron chi connectivity index (χ0n) is 24.6. The van der Waals surface area contributed by atoms with Crippen LogP contribution in [0, 0.1) is 17.1 Å². The van der Waals surface area contributed by atoms with Crippen LogP contribution in [-0.4, -0.2) is 20.2 Å². The molecule has 2 rings (SSSR count). The van der Waals surface area contributed by atoms with Crippen molar-refractivity contribution in [2.24, 2.45) is 10.2 Å². The van der Waals surface area contributed by atoms with E-state index in [0.717, 1.165) is 56.3 Å². The minimum Gasteiger partial charge on any atom is -0.497 e. The van der Waals surface area contributed by atoms with Gasteiger partial charge in [-0.15, -0.1) is 0 Å². The predicted octanol–water partition coefficient (Wildman–Crippen LogP) is 10.2. The van der Waals surface area contributed by atoms with E-state index in [2.05, 4.69) is 35.4 Å². The monoisotopic (exact) mass is 535 g/mol. The fraction of sp³-hybridized carbons (Fsp3) is 0.618. The molecule has 5 heteroatoms. The Labute approximate surface area is 237 Å². The standard InChI is InChI=1S/C34H50FN3O/c1-4-5-6-7-8-9-10-11-12-13-24-34(28-36,30-18-15-19-31(35)27-30)25-16-20-32(38-37-2)23-22-29-17-14-21-33(26-29)39-3/h14-15,17-19,21,26-27,32H,4-13,16,20,22-25H2,1-3H3. The first-order valence-electron chi connectivity index (χ1n) is 15.2. The molecule has 0 amide bonds. The maximum atomic E-state index is 14.2. The summed E-state index contributed by atoms with van der Waals surface area (Å²) in [6.07, 6.45) is 17.6. The van der Waals surface area contributed by atoms with Crippen molar-refractivity contribution in [2.45, 2.75) is 121 Å². The molecular weight excluding hydrogens is 485 g/mol. The quantitative estimate of drug-likeness (QED) is 0.118. The molecule has 2 aromatic carbocycles. The van der Waals surface area contributed by atoms with E-state index in [1.165, 1.54) is 63.0 Å². The number of hydrogen-bond acceptors (Lipinski definition) is 4. The third-order valence-corrected chi connectivity index (χ3v) is 7.87. The summed E-state index contributed by atoms with van der Waals surface area (Å²) < 4.78 is 19.5. The molecule has 0 N–H and O–H groups in total. The molecule has 0 aliphatic carbocycles. The first-order valence-corrected chi connectivity index (χ1v) is 15.2. The molecule has 4 nitrogen and oxygen atoms in total. The van der Waals surface area contributed by atoms with Crippen LogP contribution in [-0.2, 0) is 11.8 Å². The second-order valence-electron chi connectivity index (χ2n) is 10.9. The highest BCUT2D eigenvalue weighted by atomic mass is 19.1. The van der Waals surface area contributed by atoms with Crippen molar-refractivity contribution in [3.63, 3.8) is 0 Å². The highest BCUT2D eigenvalue weighted by molar-refractivity contribution is 5.33. The Morgan fingerprint density at radius 1 is 0.872 bits per heavy atom. The smallest absolute Gasteiger partial charge is 0.123 e. The molecule has 0 heterocycles. The lowest BCUT2D eigenvalue weighted by atomic mass is 9.73. The maximum Gasteiger partial charge on any atom is 0.123 e. The molecule has 0 fully saturated rings. The number of methoxy groups -OCH3 is 1. The zero-order chi connectivity index (χ0) is 28.2. The maximum absolute atomic E-state index is 14.2. The third kappa shape index (κ3) is 12.3. The number of aryl methyl sites for hydroxylation is 1. The summed E-state index contributed by atoms with van der Waals surface area (Å²) >= 11 is 0. The van der Waals surface area contributed by atoms with Gasteiger partial charge in [0.15, 0.2) is 0 Å². The Balaban J connectivity index is 1.92. The molecule has 0 aliphatic heterocycles. The van der Waals surface area contributed by atoms with Gasteiger partial charge in [0, 0.05) is 7.05 Å². The van der Waals surface area contributed by atoms with Crippen LogP contribution >= 0.6 is 0 Å². The lowest BCUT2D eigenvalue weighted by Crippen LogP contribution is -2.25. The highest BCUT2D eigenvalue weighted by Crippen LogP contribution is 2.36. The molecular formula is C34H50FN3O. The average Bonchev–Trinajstić information content (AvgIpc) is 2.96. The van der Waals surface area contributed by atoms with Gasteiger partial charge in [0.2, 0.25) is 0 Å². The van der Waals surface area contributed by atoms with Crippen molar-refractivity contribution in [1.29, 1.82) is 5.26 Å². The number of ether oxygens (including phenoxy) is 1. The topological polar surface area (TPSA) is 57.7 Å². The van der Waals surface area contributed by atoms with Crippen molar-refractivity contribution in [2.75, 3.05) is 14.2 Å². The fourth-order valence-corrected chi connectivity index (χ4v) is 5.51. The number of nitriles is 1. The van der Waals surface area contributed by atoms with E-state index in [1.54, 1.807) is 26.3 Å². The van der Waals surface area contributed by atoms with Crippen molar-refractivity contribution in [1.82, 2.24) is 0 Å². The molecule has 0 aromatic heterocycles. The van der Waals surface area contributed by atoms with Crippen LogP contribution in [0.15, 0.2) is 58.8 Å². The summed E-state index contributed by atoms with van der Waals surface area (Å²) in [5.74, 6) is 0.591. The Morgan fingerprint density at radius 2 is 1.54 bits per heavy atom. The SMILES string of the molecule is CCCCCCCCCCCCC(C#N)(CCCC(CCc1cccc(OC)c1)N=NC)c1cccc(F)c1. The molecule has 39 heavy (non-hydrogen) atoms. The van der Waals surface area contributed by atoms with Gasteiger partial charge in [0.05, 0.1) is 24.6 Å². The minimum absolute atomic E-state index is 0.0995. The predicted molar refractivity (Wildman–Crippen MR) is 160 cm³/mol. The van der Waals surface area contributed by atoms with Crippen molar-refractivity contribution in [3.8, 4) is 11.8 Å². The molecule has 214 valence electrons. The largest absolute Gasteiger partial charge is 0.497 e. The van der Waals surface area contributed by atoms with Crippen molar-refractivity contribution < 1.29 is 9.13 Å². The number of nitrogens with zero attached hydrogens (tertiary/aromatic N) is 3. The normalized spacial score (nSPS) is 13.7. The molecule has 0 aliphatic rings. The Morgan fingerprint density at radius 3 is 2.18 bits per heavy atom. The van der Waals surface area contributed by atoms with Gasteiger partial charge in [0.25, 0.3) is 0 Å². The second kappa shape index (κ2) is 19.3. The van der Waals surface area contributed by atoms with E-state index < -0.39 is 5.41 Å². The summed E-state index contributed by atoms with van der Waals surface area (Å²) in [7, 11) is 3.40. The van der Waals surface area contributed by atoms with E-state index >= 15 is 0 Å². The minimum atomic E-state index is -0.664. The van der Waals surface area contributed by atoms with E-state index in [-0.39, 0.29) is 11.9 Å². The van der Waals surface area contributed by atoms with E-state index in [1.807, 2.05) is 18.2 Å². The van der Waals surface area contributed by atoms with Gasteiger partial charge < -0.3 is 4.74 Å². The first-order chi connectivity index (χ1) is 19.1. The molecule has 0 saturated carbocycles. The Bertz CT molecular complexity index is 1000. The van der Waals surface area contributed by atoms with Gasteiger partial charge in [-0.3, -0.25) is 0 Å². The summed E-state index contributed by atoms with van der Waals surface area (Å²) in [5.41, 5.74) is 1.37. The molecule has 2 unspecified atom stereocenters. The Kier molecular flexibility index (Phi) is 16.1. The fourth-order valence-electron chi connectivity index (χ4n) is 5.51. The third-order valence-electron chi connectivity index (χ3n) is 7.87. The van der Waals surface area contributed by atoms with Crippen LogP contribution in [0.5, 0.6) is 5.75 Å². The molecule has 0 spiro atoms. The number of hydrogen-bond donors (Lipinski definition) is 0. The van der Waals surface area contributed by atoms with Crippen LogP contribution in [0.25, 0.3) is 0 Å². The Hall–Kier alpha value is -2.74. The van der Waals surface area contributed by atoms with Crippen LogP contribution in [0.3, 0.4) is 0 Å². The van der Waals surface area contributed by atoms with Gasteiger partial charge >= 0.3 is 0 Å². The van der Waals surface area contributed by atoms with Crippen LogP contribution < -0.4 is 4.74 Å². The second-order valence-corrected chi connectivity index (χ2v) is 10.9. The van der Waals surface area contributed by atoms with Crippen LogP contribution in [0.4, 0.5) is 4.39 Å². The molecule has 0 radical (unpaired) electrons. The van der Waals surface area contributed by atoms with E-state index in [4.69, 9.17) is 4.74 Å². The summed E-state index contributed by atoms with van der Waals surface area (Å²) in [6.45, 7) is 2.25. The van der Waals surface area contributed by atoms with Crippen molar-refractivity contribution in [3.05, 3.63) is 65.5 Å². The van der Waals surface area contributed by atoms with E-state index in [0.29, 0.717) is 6.42 Å². The lowest BCUT2D eigenvalue weighted by molar-refractivity contribution is 0.398. The van der Waals surface area contributed by atoms with Crippen LogP contribution in [0.2, 0.25) is 0 Å². The lowest BCUT2D eigenvalue weighted by Gasteiger charge is -2.28. The van der Waals surface area contributed by atoms with Gasteiger partial charge in [0.1, 0.15) is 11.6 Å². The number of halogens is 1. The number of azo groups is 1. The molecule has 2 atom stereocenters. The van der Waals surface area contributed by atoms with Gasteiger partial charge in [-0.05, 0) is 73.9 Å². The number of rotatable bonds is 21. The zero-order valence-corrected chi connectivity index (χ0v) is 24.6. The summed E-state index contributed by atoms with van der Waals surface area (Å²) in [4.78, 5) is 0. The average molecular weight is 536 g/mol. The summed E-state index contributed by atoms with van der Waals surface area (Å²) in [5, 5.41) is 19.0. The summed E-state index contributed by atoms with van der Waals surface area (Å²) in [6, 6.07) is 17.6. The number of unbranched alkanes of at least 4 members (excludes halogenated alkanes) is 9. The van der Waals surface area contributed by atoms with Gasteiger partial charge in [-0.2, -0.15) is 15.5 Å². The van der Waals surface area contributed by atoms with Gasteiger partial charge in [-0.25, -0.2) is 4.39 Å². The van der Waals surface area contributed by atoms with Crippen LogP contribution in [0.1, 0.15) is 114 Å². The number of benzene rings is 2. The first kappa shape index (κ1) is 32.5. The molecule has 2 aromatic rings. The van der Waals surface area contributed by atoms with E-state index in [9.17, 15) is 9.65 Å². The highest BCUT2D eigenvalue weighted by Gasteiger charge is 2.32.